The first-order chi connectivity index (χ1) is 12.2. The lowest BCUT2D eigenvalue weighted by molar-refractivity contribution is -0.130. The van der Waals surface area contributed by atoms with Gasteiger partial charge in [0.05, 0.1) is 13.2 Å². The molecule has 0 radical (unpaired) electrons. The summed E-state index contributed by atoms with van der Waals surface area (Å²) in [4.78, 5) is 28.6. The van der Waals surface area contributed by atoms with Crippen LogP contribution in [-0.2, 0) is 4.79 Å². The molecule has 2 aliphatic heterocycles. The normalized spacial score (nSPS) is 25.2. The molecular weight excluding hydrogens is 330 g/mol. The third-order valence-electron chi connectivity index (χ3n) is 5.30. The predicted octanol–water partition coefficient (Wildman–Crippen LogP) is 2.65. The Morgan fingerprint density at radius 1 is 1.12 bits per heavy atom. The van der Waals surface area contributed by atoms with E-state index in [2.05, 4.69) is 5.32 Å². The fourth-order valence-corrected chi connectivity index (χ4v) is 4.16. The molecule has 2 aliphatic rings. The molecule has 0 spiro atoms. The van der Waals surface area contributed by atoms with Crippen molar-refractivity contribution in [1.29, 1.82) is 0 Å². The summed E-state index contributed by atoms with van der Waals surface area (Å²) < 4.78 is 5.25. The van der Waals surface area contributed by atoms with Crippen molar-refractivity contribution < 1.29 is 14.3 Å². The van der Waals surface area contributed by atoms with Crippen molar-refractivity contribution in [2.75, 3.05) is 26.7 Å². The minimum atomic E-state index is -0.254. The number of hydrogen-bond acceptors (Lipinski definition) is 3. The summed E-state index contributed by atoms with van der Waals surface area (Å²) in [6, 6.07) is 7.91. The van der Waals surface area contributed by atoms with E-state index in [-0.39, 0.29) is 29.4 Å². The number of hydrogen-bond donors (Lipinski definition) is 1. The maximum Gasteiger partial charge on any atom is 0.317 e. The maximum absolute atomic E-state index is 12.6. The summed E-state index contributed by atoms with van der Waals surface area (Å²) in [5.41, 5.74) is 0.849. The molecule has 26 heavy (non-hydrogen) atoms. The molecule has 3 atom stereocenters. The zero-order valence-corrected chi connectivity index (χ0v) is 16.3. The summed E-state index contributed by atoms with van der Waals surface area (Å²) in [6.07, 6.45) is 0. The zero-order valence-electron chi connectivity index (χ0n) is 16.3. The monoisotopic (exact) mass is 359 g/mol. The molecule has 2 saturated heterocycles. The van der Waals surface area contributed by atoms with Gasteiger partial charge in [0.1, 0.15) is 5.75 Å². The number of fused-ring (bicyclic) bond motifs is 1. The van der Waals surface area contributed by atoms with Crippen LogP contribution < -0.4 is 10.1 Å². The average molecular weight is 359 g/mol. The van der Waals surface area contributed by atoms with Gasteiger partial charge in [0.25, 0.3) is 0 Å². The Morgan fingerprint density at radius 2 is 1.77 bits per heavy atom. The lowest BCUT2D eigenvalue weighted by Crippen LogP contribution is -2.48. The molecule has 3 amide bonds. The quantitative estimate of drug-likeness (QED) is 0.883. The maximum atomic E-state index is 12.6. The van der Waals surface area contributed by atoms with Crippen molar-refractivity contribution in [2.45, 2.75) is 39.3 Å². The van der Waals surface area contributed by atoms with E-state index in [1.165, 1.54) is 0 Å². The van der Waals surface area contributed by atoms with E-state index in [1.54, 1.807) is 14.0 Å². The van der Waals surface area contributed by atoms with Crippen LogP contribution in [0.5, 0.6) is 5.75 Å². The number of urea groups is 1. The largest absolute Gasteiger partial charge is 0.497 e. The number of ether oxygens (including phenoxy) is 1. The lowest BCUT2D eigenvalue weighted by atomic mass is 9.89. The molecule has 6 heteroatoms. The van der Waals surface area contributed by atoms with E-state index in [0.29, 0.717) is 25.6 Å². The third-order valence-corrected chi connectivity index (χ3v) is 5.30. The minimum absolute atomic E-state index is 0.0100. The zero-order chi connectivity index (χ0) is 19.1. The van der Waals surface area contributed by atoms with Crippen molar-refractivity contribution >= 4 is 11.9 Å². The molecule has 3 rings (SSSR count). The van der Waals surface area contributed by atoms with Gasteiger partial charge in [-0.3, -0.25) is 4.79 Å². The molecule has 1 aromatic carbocycles. The van der Waals surface area contributed by atoms with E-state index in [9.17, 15) is 9.59 Å². The summed E-state index contributed by atoms with van der Waals surface area (Å²) in [6.45, 7) is 9.66. The molecule has 142 valence electrons. The van der Waals surface area contributed by atoms with E-state index in [1.807, 2.05) is 54.8 Å². The van der Waals surface area contributed by atoms with Crippen LogP contribution in [0.15, 0.2) is 24.3 Å². The Hall–Kier alpha value is -2.24. The number of rotatable bonds is 2. The van der Waals surface area contributed by atoms with Crippen molar-refractivity contribution in [3.8, 4) is 5.75 Å². The molecular formula is C20H29N3O3. The van der Waals surface area contributed by atoms with Crippen LogP contribution in [0.2, 0.25) is 0 Å². The Balaban J connectivity index is 1.80. The molecule has 6 nitrogen and oxygen atoms in total. The van der Waals surface area contributed by atoms with Gasteiger partial charge < -0.3 is 19.9 Å². The highest BCUT2D eigenvalue weighted by molar-refractivity contribution is 5.76. The first kappa shape index (κ1) is 18.5. The van der Waals surface area contributed by atoms with Gasteiger partial charge in [-0.25, -0.2) is 4.79 Å². The van der Waals surface area contributed by atoms with Crippen LogP contribution in [0.4, 0.5) is 4.79 Å². The SMILES string of the molecule is COc1ccc([C@H]2[C@@H]3CN(C(=O)NC(C)(C)C)C[C@@H]3CN2C(C)=O)cc1. The van der Waals surface area contributed by atoms with Crippen LogP contribution in [0.25, 0.3) is 0 Å². The highest BCUT2D eigenvalue weighted by Crippen LogP contribution is 2.45. The Labute approximate surface area is 155 Å². The molecule has 0 unspecified atom stereocenters. The van der Waals surface area contributed by atoms with E-state index >= 15 is 0 Å². The Bertz CT molecular complexity index is 681. The fraction of sp³-hybridized carbons (Fsp3) is 0.600. The smallest absolute Gasteiger partial charge is 0.317 e. The van der Waals surface area contributed by atoms with E-state index in [0.717, 1.165) is 11.3 Å². The Morgan fingerprint density at radius 3 is 2.31 bits per heavy atom. The molecule has 0 bridgehead atoms. The molecule has 2 fully saturated rings. The first-order valence-corrected chi connectivity index (χ1v) is 9.18. The summed E-state index contributed by atoms with van der Waals surface area (Å²) >= 11 is 0. The van der Waals surface area contributed by atoms with E-state index < -0.39 is 0 Å². The molecule has 2 heterocycles. The van der Waals surface area contributed by atoms with Crippen molar-refractivity contribution in [1.82, 2.24) is 15.1 Å². The number of likely N-dealkylation sites (tertiary alicyclic amines) is 2. The molecule has 0 aliphatic carbocycles. The third kappa shape index (κ3) is 3.64. The van der Waals surface area contributed by atoms with Gasteiger partial charge in [-0.15, -0.1) is 0 Å². The predicted molar refractivity (Wildman–Crippen MR) is 100.0 cm³/mol. The van der Waals surface area contributed by atoms with Crippen LogP contribution in [0, 0.1) is 11.8 Å². The number of carbonyl (C=O) groups excluding carboxylic acids is 2. The van der Waals surface area contributed by atoms with Gasteiger partial charge in [-0.1, -0.05) is 12.1 Å². The number of nitrogens with zero attached hydrogens (tertiary/aromatic N) is 2. The summed E-state index contributed by atoms with van der Waals surface area (Å²) in [5, 5.41) is 3.04. The topological polar surface area (TPSA) is 61.9 Å². The summed E-state index contributed by atoms with van der Waals surface area (Å²) in [5.74, 6) is 1.47. The summed E-state index contributed by atoms with van der Waals surface area (Å²) in [7, 11) is 1.64. The molecule has 0 aromatic heterocycles. The molecule has 1 aromatic rings. The van der Waals surface area contributed by atoms with Gasteiger partial charge >= 0.3 is 6.03 Å². The molecule has 0 saturated carbocycles. The van der Waals surface area contributed by atoms with Gasteiger partial charge in [0, 0.05) is 43.9 Å². The molecule has 1 N–H and O–H groups in total. The van der Waals surface area contributed by atoms with Gasteiger partial charge in [0.15, 0.2) is 0 Å². The van der Waals surface area contributed by atoms with E-state index in [4.69, 9.17) is 4.74 Å². The van der Waals surface area contributed by atoms with Crippen molar-refractivity contribution in [3.05, 3.63) is 29.8 Å². The standard InChI is InChI=1S/C20H29N3O3/c1-13(24)23-11-15-10-22(19(25)21-20(2,3)4)12-17(15)18(23)14-6-8-16(26-5)9-7-14/h6-9,15,17-18H,10-12H2,1-5H3,(H,21,25)/t15-,17-,18+/m1/s1. The minimum Gasteiger partial charge on any atom is -0.497 e. The van der Waals surface area contributed by atoms with Crippen LogP contribution in [0.3, 0.4) is 0 Å². The first-order valence-electron chi connectivity index (χ1n) is 9.18. The number of amides is 3. The van der Waals surface area contributed by atoms with Crippen LogP contribution in [-0.4, -0.2) is 54.0 Å². The van der Waals surface area contributed by atoms with Gasteiger partial charge in [-0.05, 0) is 38.5 Å². The second kappa shape index (κ2) is 6.82. The fourth-order valence-electron chi connectivity index (χ4n) is 4.16. The highest BCUT2D eigenvalue weighted by Gasteiger charge is 2.49. The van der Waals surface area contributed by atoms with Crippen LogP contribution >= 0.6 is 0 Å². The van der Waals surface area contributed by atoms with Gasteiger partial charge in [-0.2, -0.15) is 0 Å². The second-order valence-corrected chi connectivity index (χ2v) is 8.40. The van der Waals surface area contributed by atoms with Crippen molar-refractivity contribution in [2.24, 2.45) is 11.8 Å². The number of nitrogens with one attached hydrogen (secondary N) is 1. The van der Waals surface area contributed by atoms with Gasteiger partial charge in [0.2, 0.25) is 5.91 Å². The highest BCUT2D eigenvalue weighted by atomic mass is 16.5. The number of methoxy groups -OCH3 is 1. The number of benzene rings is 1. The number of carbonyl (C=O) groups is 2. The Kier molecular flexibility index (Phi) is 4.86. The van der Waals surface area contributed by atoms with Crippen LogP contribution in [0.1, 0.15) is 39.3 Å². The average Bonchev–Trinajstić information content (AvgIpc) is 3.11. The van der Waals surface area contributed by atoms with Crippen molar-refractivity contribution in [3.63, 3.8) is 0 Å². The lowest BCUT2D eigenvalue weighted by Gasteiger charge is -2.30. The second-order valence-electron chi connectivity index (χ2n) is 8.40.